The van der Waals surface area contributed by atoms with E-state index in [1.165, 1.54) is 18.2 Å². The van der Waals surface area contributed by atoms with Gasteiger partial charge >= 0.3 is 0 Å². The topological polar surface area (TPSA) is 111 Å². The maximum absolute atomic E-state index is 12.6. The number of amides is 1. The SMILES string of the molecule is CC1(C)COCCN1C(=O)c1ccc(NN)c([N+](=O)[O-])c1. The van der Waals surface area contributed by atoms with E-state index < -0.39 is 10.5 Å². The molecule has 0 radical (unpaired) electrons. The van der Waals surface area contributed by atoms with Crippen LogP contribution < -0.4 is 11.3 Å². The molecule has 0 bridgehead atoms. The summed E-state index contributed by atoms with van der Waals surface area (Å²) < 4.78 is 5.37. The summed E-state index contributed by atoms with van der Waals surface area (Å²) in [7, 11) is 0. The van der Waals surface area contributed by atoms with Gasteiger partial charge in [0.25, 0.3) is 11.6 Å². The average molecular weight is 294 g/mol. The Morgan fingerprint density at radius 3 is 2.81 bits per heavy atom. The number of rotatable bonds is 3. The molecule has 1 heterocycles. The van der Waals surface area contributed by atoms with E-state index in [-0.39, 0.29) is 22.8 Å². The van der Waals surface area contributed by atoms with Gasteiger partial charge in [0.1, 0.15) is 5.69 Å². The predicted molar refractivity (Wildman–Crippen MR) is 76.8 cm³/mol. The number of benzene rings is 1. The zero-order chi connectivity index (χ0) is 15.6. The van der Waals surface area contributed by atoms with Crippen LogP contribution in [0.1, 0.15) is 24.2 Å². The molecule has 1 aliphatic heterocycles. The molecule has 1 amide bonds. The Hall–Kier alpha value is -2.19. The smallest absolute Gasteiger partial charge is 0.294 e. The maximum atomic E-state index is 12.6. The Morgan fingerprint density at radius 2 is 2.24 bits per heavy atom. The van der Waals surface area contributed by atoms with Crippen molar-refractivity contribution in [1.29, 1.82) is 0 Å². The van der Waals surface area contributed by atoms with Crippen LogP contribution in [0.5, 0.6) is 0 Å². The average Bonchev–Trinajstić information content (AvgIpc) is 2.45. The van der Waals surface area contributed by atoms with Crippen molar-refractivity contribution in [2.24, 2.45) is 5.84 Å². The number of hydrogen-bond donors (Lipinski definition) is 2. The van der Waals surface area contributed by atoms with Crippen molar-refractivity contribution in [3.63, 3.8) is 0 Å². The molecule has 2 rings (SSSR count). The van der Waals surface area contributed by atoms with Crippen LogP contribution in [0, 0.1) is 10.1 Å². The van der Waals surface area contributed by atoms with Gasteiger partial charge in [0, 0.05) is 18.2 Å². The minimum absolute atomic E-state index is 0.165. The first-order valence-electron chi connectivity index (χ1n) is 6.51. The van der Waals surface area contributed by atoms with Gasteiger partial charge in [-0.05, 0) is 26.0 Å². The van der Waals surface area contributed by atoms with Crippen molar-refractivity contribution in [3.05, 3.63) is 33.9 Å². The third-order valence-electron chi connectivity index (χ3n) is 3.49. The fourth-order valence-corrected chi connectivity index (χ4v) is 2.33. The Balaban J connectivity index is 2.35. The molecule has 0 spiro atoms. The largest absolute Gasteiger partial charge is 0.377 e. The molecule has 0 aliphatic carbocycles. The molecule has 8 nitrogen and oxygen atoms in total. The normalized spacial score (nSPS) is 17.4. The Labute approximate surface area is 122 Å². The van der Waals surface area contributed by atoms with Gasteiger partial charge in [0.05, 0.1) is 23.7 Å². The van der Waals surface area contributed by atoms with Crippen LogP contribution in [0.25, 0.3) is 0 Å². The fraction of sp³-hybridized carbons (Fsp3) is 0.462. The first-order valence-corrected chi connectivity index (χ1v) is 6.51. The lowest BCUT2D eigenvalue weighted by Crippen LogP contribution is -2.55. The number of nitrogens with two attached hydrogens (primary N) is 1. The van der Waals surface area contributed by atoms with Crippen LogP contribution in [0.2, 0.25) is 0 Å². The van der Waals surface area contributed by atoms with Crippen molar-refractivity contribution in [3.8, 4) is 0 Å². The predicted octanol–water partition coefficient (Wildman–Crippen LogP) is 1.13. The van der Waals surface area contributed by atoms with E-state index in [1.807, 2.05) is 13.8 Å². The number of carbonyl (C=O) groups is 1. The molecule has 1 aromatic carbocycles. The third-order valence-corrected chi connectivity index (χ3v) is 3.49. The molecule has 114 valence electrons. The standard InChI is InChI=1S/C13H18N4O4/c1-13(2)8-21-6-5-16(13)12(18)9-3-4-10(15-14)11(7-9)17(19)20/h3-4,7,15H,5-6,8,14H2,1-2H3. The van der Waals surface area contributed by atoms with Gasteiger partial charge in [-0.25, -0.2) is 0 Å². The number of ether oxygens (including phenoxy) is 1. The second-order valence-electron chi connectivity index (χ2n) is 5.46. The lowest BCUT2D eigenvalue weighted by atomic mass is 10.0. The highest BCUT2D eigenvalue weighted by Crippen LogP contribution is 2.27. The zero-order valence-corrected chi connectivity index (χ0v) is 12.0. The molecular weight excluding hydrogens is 276 g/mol. The summed E-state index contributed by atoms with van der Waals surface area (Å²) >= 11 is 0. The number of nitrogen functional groups attached to an aromatic ring is 1. The number of nitrogens with zero attached hydrogens (tertiary/aromatic N) is 2. The summed E-state index contributed by atoms with van der Waals surface area (Å²) in [4.78, 5) is 24.7. The first kappa shape index (κ1) is 15.2. The Kier molecular flexibility index (Phi) is 4.10. The van der Waals surface area contributed by atoms with E-state index in [9.17, 15) is 14.9 Å². The molecule has 8 heteroatoms. The molecular formula is C13H18N4O4. The highest BCUT2D eigenvalue weighted by molar-refractivity contribution is 5.96. The third kappa shape index (κ3) is 2.96. The Bertz CT molecular complexity index is 573. The van der Waals surface area contributed by atoms with Crippen molar-refractivity contribution in [2.75, 3.05) is 25.2 Å². The molecule has 1 aromatic rings. The number of anilines is 1. The number of morpholine rings is 1. The number of nitro groups is 1. The second-order valence-corrected chi connectivity index (χ2v) is 5.46. The van der Waals surface area contributed by atoms with E-state index in [2.05, 4.69) is 5.43 Å². The fourth-order valence-electron chi connectivity index (χ4n) is 2.33. The van der Waals surface area contributed by atoms with E-state index in [0.29, 0.717) is 19.8 Å². The molecule has 1 aliphatic rings. The minimum Gasteiger partial charge on any atom is -0.377 e. The summed E-state index contributed by atoms with van der Waals surface area (Å²) in [5.74, 6) is 4.98. The molecule has 3 N–H and O–H groups in total. The summed E-state index contributed by atoms with van der Waals surface area (Å²) in [5, 5.41) is 11.0. The van der Waals surface area contributed by atoms with Gasteiger partial charge < -0.3 is 15.1 Å². The van der Waals surface area contributed by atoms with Crippen LogP contribution in [0.4, 0.5) is 11.4 Å². The summed E-state index contributed by atoms with van der Waals surface area (Å²) in [6, 6.07) is 4.19. The van der Waals surface area contributed by atoms with Crippen molar-refractivity contribution in [1.82, 2.24) is 4.90 Å². The number of nitro benzene ring substituents is 1. The molecule has 0 aromatic heterocycles. The van der Waals surface area contributed by atoms with E-state index >= 15 is 0 Å². The lowest BCUT2D eigenvalue weighted by molar-refractivity contribution is -0.384. The zero-order valence-electron chi connectivity index (χ0n) is 12.0. The quantitative estimate of drug-likeness (QED) is 0.491. The number of hydrogen-bond acceptors (Lipinski definition) is 6. The van der Waals surface area contributed by atoms with Crippen molar-refractivity contribution >= 4 is 17.3 Å². The second kappa shape index (κ2) is 5.66. The molecule has 0 atom stereocenters. The van der Waals surface area contributed by atoms with Gasteiger partial charge in [0.2, 0.25) is 0 Å². The van der Waals surface area contributed by atoms with Gasteiger partial charge in [-0.1, -0.05) is 0 Å². The maximum Gasteiger partial charge on any atom is 0.294 e. The molecule has 21 heavy (non-hydrogen) atoms. The van der Waals surface area contributed by atoms with E-state index in [1.54, 1.807) is 4.90 Å². The molecule has 0 saturated carbocycles. The molecule has 0 unspecified atom stereocenters. The molecule has 1 saturated heterocycles. The van der Waals surface area contributed by atoms with Gasteiger partial charge in [-0.2, -0.15) is 0 Å². The highest BCUT2D eigenvalue weighted by atomic mass is 16.6. The number of carbonyl (C=O) groups excluding carboxylic acids is 1. The van der Waals surface area contributed by atoms with Crippen LogP contribution in [0.3, 0.4) is 0 Å². The van der Waals surface area contributed by atoms with E-state index in [0.717, 1.165) is 0 Å². The van der Waals surface area contributed by atoms with Crippen LogP contribution in [-0.2, 0) is 4.74 Å². The summed E-state index contributed by atoms with van der Waals surface area (Å²) in [5.41, 5.74) is 2.00. The van der Waals surface area contributed by atoms with Crippen LogP contribution >= 0.6 is 0 Å². The van der Waals surface area contributed by atoms with Gasteiger partial charge in [0.15, 0.2) is 0 Å². The summed E-state index contributed by atoms with van der Waals surface area (Å²) in [6.45, 7) is 5.14. The van der Waals surface area contributed by atoms with Crippen LogP contribution in [0.15, 0.2) is 18.2 Å². The van der Waals surface area contributed by atoms with Gasteiger partial charge in [-0.3, -0.25) is 20.8 Å². The number of hydrazine groups is 1. The monoisotopic (exact) mass is 294 g/mol. The first-order chi connectivity index (χ1) is 9.86. The van der Waals surface area contributed by atoms with E-state index in [4.69, 9.17) is 10.6 Å². The van der Waals surface area contributed by atoms with Gasteiger partial charge in [-0.15, -0.1) is 0 Å². The summed E-state index contributed by atoms with van der Waals surface area (Å²) in [6.07, 6.45) is 0. The minimum atomic E-state index is -0.573. The Morgan fingerprint density at radius 1 is 1.52 bits per heavy atom. The van der Waals surface area contributed by atoms with Crippen molar-refractivity contribution < 1.29 is 14.5 Å². The highest BCUT2D eigenvalue weighted by Gasteiger charge is 2.35. The van der Waals surface area contributed by atoms with Crippen LogP contribution in [-0.4, -0.2) is 41.0 Å². The van der Waals surface area contributed by atoms with Crippen molar-refractivity contribution in [2.45, 2.75) is 19.4 Å². The lowest BCUT2D eigenvalue weighted by Gasteiger charge is -2.42. The molecule has 1 fully saturated rings. The number of nitrogens with one attached hydrogen (secondary N) is 1.